The van der Waals surface area contributed by atoms with Crippen LogP contribution < -0.4 is 10.2 Å². The van der Waals surface area contributed by atoms with Gasteiger partial charge in [0.2, 0.25) is 11.2 Å². The zero-order chi connectivity index (χ0) is 20.8. The number of carbonyl (C=O) groups is 2. The minimum atomic E-state index is -0.867. The second-order valence-electron chi connectivity index (χ2n) is 5.77. The van der Waals surface area contributed by atoms with Gasteiger partial charge in [-0.1, -0.05) is 23.9 Å². The van der Waals surface area contributed by atoms with Crippen molar-refractivity contribution in [2.45, 2.75) is 17.8 Å². The fourth-order valence-electron chi connectivity index (χ4n) is 2.32. The molecule has 2 heterocycles. The highest BCUT2D eigenvalue weighted by molar-refractivity contribution is 7.98. The van der Waals surface area contributed by atoms with Crippen LogP contribution >= 0.6 is 11.8 Å². The van der Waals surface area contributed by atoms with Gasteiger partial charge in [0, 0.05) is 18.0 Å². The summed E-state index contributed by atoms with van der Waals surface area (Å²) in [5, 5.41) is 0.558. The van der Waals surface area contributed by atoms with Crippen LogP contribution in [-0.4, -0.2) is 29.0 Å². The van der Waals surface area contributed by atoms with Crippen LogP contribution in [0.1, 0.15) is 32.2 Å². The number of methoxy groups -OCH3 is 1. The van der Waals surface area contributed by atoms with Gasteiger partial charge in [-0.25, -0.2) is 19.6 Å². The molecule has 0 aliphatic carbocycles. The highest BCUT2D eigenvalue weighted by Gasteiger charge is 2.20. The molecule has 8 nitrogen and oxygen atoms in total. The van der Waals surface area contributed by atoms with Crippen LogP contribution in [0.3, 0.4) is 0 Å². The Kier molecular flexibility index (Phi) is 6.40. The van der Waals surface area contributed by atoms with Gasteiger partial charge < -0.3 is 13.9 Å². The number of aryl methyl sites for hydroxylation is 1. The minimum absolute atomic E-state index is 0.0185. The fraction of sp³-hybridized carbons (Fsp3) is 0.150. The van der Waals surface area contributed by atoms with Crippen LogP contribution in [-0.2, 0) is 10.5 Å². The zero-order valence-electron chi connectivity index (χ0n) is 15.6. The number of nitrogens with zero attached hydrogens (tertiary/aromatic N) is 2. The topological polar surface area (TPSA) is 109 Å². The van der Waals surface area contributed by atoms with E-state index in [9.17, 15) is 14.4 Å². The monoisotopic (exact) mass is 412 g/mol. The van der Waals surface area contributed by atoms with Crippen molar-refractivity contribution in [3.05, 3.63) is 81.7 Å². The van der Waals surface area contributed by atoms with E-state index in [0.717, 1.165) is 12.0 Å². The first-order valence-electron chi connectivity index (χ1n) is 8.41. The summed E-state index contributed by atoms with van der Waals surface area (Å²) < 4.78 is 15.1. The van der Waals surface area contributed by atoms with Crippen LogP contribution in [0.4, 0.5) is 0 Å². The Balaban J connectivity index is 1.72. The molecule has 0 aliphatic rings. The van der Waals surface area contributed by atoms with E-state index in [1.807, 2.05) is 6.92 Å². The Morgan fingerprint density at radius 3 is 2.52 bits per heavy atom. The van der Waals surface area contributed by atoms with Gasteiger partial charge in [-0.15, -0.1) is 0 Å². The van der Waals surface area contributed by atoms with E-state index < -0.39 is 17.4 Å². The van der Waals surface area contributed by atoms with Crippen LogP contribution in [0.5, 0.6) is 5.75 Å². The average Bonchev–Trinajstić information content (AvgIpc) is 2.73. The summed E-state index contributed by atoms with van der Waals surface area (Å²) in [6.45, 7) is 1.85. The Morgan fingerprint density at radius 1 is 1.14 bits per heavy atom. The van der Waals surface area contributed by atoms with Crippen molar-refractivity contribution < 1.29 is 23.5 Å². The molecule has 2 aromatic heterocycles. The van der Waals surface area contributed by atoms with Gasteiger partial charge in [-0.05, 0) is 25.1 Å². The molecule has 148 valence electrons. The zero-order valence-corrected chi connectivity index (χ0v) is 16.4. The molecule has 0 aliphatic heterocycles. The lowest BCUT2D eigenvalue weighted by atomic mass is 10.1. The number of aromatic nitrogens is 2. The van der Waals surface area contributed by atoms with Crippen molar-refractivity contribution in [1.29, 1.82) is 0 Å². The van der Waals surface area contributed by atoms with E-state index in [0.29, 0.717) is 16.7 Å². The van der Waals surface area contributed by atoms with Crippen molar-refractivity contribution in [2.75, 3.05) is 7.11 Å². The number of carbonyl (C=O) groups excluding carboxylic acids is 2. The van der Waals surface area contributed by atoms with Gasteiger partial charge in [-0.3, -0.25) is 4.79 Å². The Bertz CT molecular complexity index is 1110. The summed E-state index contributed by atoms with van der Waals surface area (Å²) in [5.74, 6) is -1.13. The maximum atomic E-state index is 12.4. The van der Waals surface area contributed by atoms with Crippen LogP contribution in [0.15, 0.2) is 63.2 Å². The van der Waals surface area contributed by atoms with E-state index in [2.05, 4.69) is 14.7 Å². The molecule has 0 amide bonds. The van der Waals surface area contributed by atoms with Crippen LogP contribution in [0.2, 0.25) is 0 Å². The molecule has 0 saturated carbocycles. The number of rotatable bonds is 6. The quantitative estimate of drug-likeness (QED) is 0.343. The highest BCUT2D eigenvalue weighted by Crippen LogP contribution is 2.20. The molecule has 0 radical (unpaired) electrons. The third kappa shape index (κ3) is 5.08. The van der Waals surface area contributed by atoms with Gasteiger partial charge in [0.05, 0.1) is 24.0 Å². The SMILES string of the molecule is COC(=O)c1ccccc1C(=O)Oc1coc(CSc2nccc(C)n2)cc1=O. The molecule has 0 spiro atoms. The Labute approximate surface area is 169 Å². The first kappa shape index (κ1) is 20.3. The van der Waals surface area contributed by atoms with Crippen molar-refractivity contribution in [1.82, 2.24) is 9.97 Å². The molecule has 29 heavy (non-hydrogen) atoms. The molecular weight excluding hydrogens is 396 g/mol. The van der Waals surface area contributed by atoms with E-state index >= 15 is 0 Å². The third-order valence-electron chi connectivity index (χ3n) is 3.72. The van der Waals surface area contributed by atoms with E-state index in [-0.39, 0.29) is 16.9 Å². The number of thioether (sulfide) groups is 1. The second kappa shape index (κ2) is 9.16. The lowest BCUT2D eigenvalue weighted by Gasteiger charge is -2.07. The third-order valence-corrected chi connectivity index (χ3v) is 4.61. The smallest absolute Gasteiger partial charge is 0.344 e. The molecule has 0 fully saturated rings. The molecular formula is C20H16N2O6S. The van der Waals surface area contributed by atoms with Gasteiger partial charge in [-0.2, -0.15) is 0 Å². The number of esters is 2. The van der Waals surface area contributed by atoms with Crippen molar-refractivity contribution in [2.24, 2.45) is 0 Å². The van der Waals surface area contributed by atoms with Crippen molar-refractivity contribution in [3.8, 4) is 5.75 Å². The maximum absolute atomic E-state index is 12.4. The van der Waals surface area contributed by atoms with E-state index in [1.165, 1.54) is 37.1 Å². The van der Waals surface area contributed by atoms with Crippen LogP contribution in [0.25, 0.3) is 0 Å². The van der Waals surface area contributed by atoms with Gasteiger partial charge in [0.25, 0.3) is 0 Å². The molecule has 0 atom stereocenters. The summed E-state index contributed by atoms with van der Waals surface area (Å²) in [6.07, 6.45) is 2.71. The van der Waals surface area contributed by atoms with Crippen molar-refractivity contribution in [3.63, 3.8) is 0 Å². The average molecular weight is 412 g/mol. The first-order valence-corrected chi connectivity index (χ1v) is 9.40. The standard InChI is InChI=1S/C20H16N2O6S/c1-12-7-8-21-20(22-12)29-11-13-9-16(23)17(10-27-13)28-19(25)15-6-4-3-5-14(15)18(24)26-2/h3-10H,11H2,1-2H3. The molecule has 0 unspecified atom stereocenters. The molecule has 0 saturated heterocycles. The van der Waals surface area contributed by atoms with Crippen LogP contribution in [0, 0.1) is 6.92 Å². The molecule has 1 aromatic carbocycles. The predicted molar refractivity (Wildman–Crippen MR) is 104 cm³/mol. The fourth-order valence-corrected chi connectivity index (χ4v) is 3.09. The Hall–Kier alpha value is -3.46. The summed E-state index contributed by atoms with van der Waals surface area (Å²) in [5.41, 5.74) is 0.324. The lowest BCUT2D eigenvalue weighted by molar-refractivity contribution is 0.0587. The number of ether oxygens (including phenoxy) is 2. The second-order valence-corrected chi connectivity index (χ2v) is 6.71. The maximum Gasteiger partial charge on any atom is 0.344 e. The van der Waals surface area contributed by atoms with E-state index in [4.69, 9.17) is 9.15 Å². The lowest BCUT2D eigenvalue weighted by Crippen LogP contribution is -2.18. The van der Waals surface area contributed by atoms with Gasteiger partial charge in [0.1, 0.15) is 12.0 Å². The molecule has 3 aromatic rings. The summed E-state index contributed by atoms with van der Waals surface area (Å²) in [4.78, 5) is 44.8. The molecule has 0 bridgehead atoms. The van der Waals surface area contributed by atoms with Gasteiger partial charge in [0.15, 0.2) is 5.16 Å². The highest BCUT2D eigenvalue weighted by atomic mass is 32.2. The van der Waals surface area contributed by atoms with Gasteiger partial charge >= 0.3 is 11.9 Å². The summed E-state index contributed by atoms with van der Waals surface area (Å²) in [6, 6.07) is 9.01. The Morgan fingerprint density at radius 2 is 1.86 bits per heavy atom. The summed E-state index contributed by atoms with van der Waals surface area (Å²) >= 11 is 1.31. The normalized spacial score (nSPS) is 10.4. The number of hydrogen-bond donors (Lipinski definition) is 0. The molecule has 0 N–H and O–H groups in total. The minimum Gasteiger partial charge on any atom is -0.465 e. The number of benzene rings is 1. The van der Waals surface area contributed by atoms with E-state index in [1.54, 1.807) is 24.4 Å². The predicted octanol–water partition coefficient (Wildman–Crippen LogP) is 3.04. The molecule has 3 rings (SSSR count). The van der Waals surface area contributed by atoms with Crippen molar-refractivity contribution >= 4 is 23.7 Å². The largest absolute Gasteiger partial charge is 0.465 e. The number of hydrogen-bond acceptors (Lipinski definition) is 9. The first-order chi connectivity index (χ1) is 14.0. The molecule has 9 heteroatoms. The summed E-state index contributed by atoms with van der Waals surface area (Å²) in [7, 11) is 1.21.